The number of aliphatic hydroxyl groups excluding tert-OH is 1. The highest BCUT2D eigenvalue weighted by atomic mass is 16.5. The lowest BCUT2D eigenvalue weighted by molar-refractivity contribution is 0.0524. The van der Waals surface area contributed by atoms with Gasteiger partial charge in [-0.3, -0.25) is 0 Å². The Morgan fingerprint density at radius 2 is 2.35 bits per heavy atom. The van der Waals surface area contributed by atoms with Gasteiger partial charge in [0.1, 0.15) is 0 Å². The van der Waals surface area contributed by atoms with Gasteiger partial charge in [0.15, 0.2) is 0 Å². The molecule has 1 aromatic rings. The van der Waals surface area contributed by atoms with E-state index >= 15 is 0 Å². The summed E-state index contributed by atoms with van der Waals surface area (Å²) in [6, 6.07) is 0.0663. The Bertz CT molecular complexity index is 479. The highest BCUT2D eigenvalue weighted by Gasteiger charge is 2.24. The average Bonchev–Trinajstić information content (AvgIpc) is 2.47. The van der Waals surface area contributed by atoms with Crippen LogP contribution in [0.25, 0.3) is 0 Å². The standard InChI is InChI=1S/C14H21N3O3/c1-3-20-13(19)12-8-15-14(16-10(12)2)17-7-5-4-6-11(17)9-18/h8,11,18H,3-7,9H2,1-2H3. The fraction of sp³-hybridized carbons (Fsp3) is 0.643. The van der Waals surface area contributed by atoms with E-state index in [4.69, 9.17) is 4.74 Å². The normalized spacial score (nSPS) is 18.9. The van der Waals surface area contributed by atoms with E-state index < -0.39 is 5.97 Å². The van der Waals surface area contributed by atoms with Gasteiger partial charge < -0.3 is 14.7 Å². The molecule has 1 atom stereocenters. The van der Waals surface area contributed by atoms with Crippen molar-refractivity contribution < 1.29 is 14.6 Å². The van der Waals surface area contributed by atoms with Crippen LogP contribution in [0.15, 0.2) is 6.20 Å². The van der Waals surface area contributed by atoms with Gasteiger partial charge in [-0.1, -0.05) is 0 Å². The average molecular weight is 279 g/mol. The molecule has 1 aliphatic heterocycles. The maximum absolute atomic E-state index is 11.7. The molecule has 20 heavy (non-hydrogen) atoms. The summed E-state index contributed by atoms with van der Waals surface area (Å²) in [6.07, 6.45) is 4.64. The summed E-state index contributed by atoms with van der Waals surface area (Å²) < 4.78 is 4.96. The molecule has 2 rings (SSSR count). The van der Waals surface area contributed by atoms with Gasteiger partial charge in [0.25, 0.3) is 0 Å². The van der Waals surface area contributed by atoms with Crippen molar-refractivity contribution in [3.63, 3.8) is 0 Å². The molecule has 1 N–H and O–H groups in total. The lowest BCUT2D eigenvalue weighted by Gasteiger charge is -2.34. The van der Waals surface area contributed by atoms with Crippen LogP contribution in [0.2, 0.25) is 0 Å². The van der Waals surface area contributed by atoms with E-state index in [1.807, 2.05) is 4.90 Å². The zero-order valence-corrected chi connectivity index (χ0v) is 12.0. The summed E-state index contributed by atoms with van der Waals surface area (Å²) in [5.74, 6) is 0.184. The third kappa shape index (κ3) is 3.07. The first-order chi connectivity index (χ1) is 9.67. The lowest BCUT2D eigenvalue weighted by Crippen LogP contribution is -2.43. The van der Waals surface area contributed by atoms with Gasteiger partial charge in [0.2, 0.25) is 5.95 Å². The van der Waals surface area contributed by atoms with Crippen molar-refractivity contribution in [2.45, 2.75) is 39.2 Å². The molecule has 0 aromatic carbocycles. The Hall–Kier alpha value is -1.69. The van der Waals surface area contributed by atoms with Gasteiger partial charge in [-0.2, -0.15) is 0 Å². The number of esters is 1. The molecule has 0 bridgehead atoms. The molecule has 1 fully saturated rings. The number of carbonyl (C=O) groups is 1. The molecule has 1 unspecified atom stereocenters. The van der Waals surface area contributed by atoms with Gasteiger partial charge in [-0.25, -0.2) is 14.8 Å². The highest BCUT2D eigenvalue weighted by Crippen LogP contribution is 2.22. The SMILES string of the molecule is CCOC(=O)c1cnc(N2CCCCC2CO)nc1C. The monoisotopic (exact) mass is 279 g/mol. The maximum atomic E-state index is 11.7. The van der Waals surface area contributed by atoms with E-state index in [2.05, 4.69) is 9.97 Å². The summed E-state index contributed by atoms with van der Waals surface area (Å²) in [5.41, 5.74) is 1.00. The fourth-order valence-electron chi connectivity index (χ4n) is 2.46. The Kier molecular flexibility index (Phi) is 4.89. The van der Waals surface area contributed by atoms with E-state index in [1.54, 1.807) is 13.8 Å². The van der Waals surface area contributed by atoms with Crippen LogP contribution in [0.4, 0.5) is 5.95 Å². The molecule has 1 aromatic heterocycles. The van der Waals surface area contributed by atoms with E-state index in [0.29, 0.717) is 23.8 Å². The maximum Gasteiger partial charge on any atom is 0.341 e. The number of aliphatic hydroxyl groups is 1. The van der Waals surface area contributed by atoms with Crippen molar-refractivity contribution >= 4 is 11.9 Å². The molecule has 6 heteroatoms. The van der Waals surface area contributed by atoms with E-state index in [-0.39, 0.29) is 12.6 Å². The van der Waals surface area contributed by atoms with Crippen LogP contribution in [0.1, 0.15) is 42.2 Å². The number of carbonyl (C=O) groups excluding carboxylic acids is 1. The predicted octanol–water partition coefficient (Wildman–Crippen LogP) is 1.31. The van der Waals surface area contributed by atoms with E-state index in [9.17, 15) is 9.90 Å². The molecule has 1 aliphatic rings. The lowest BCUT2D eigenvalue weighted by atomic mass is 10.0. The number of nitrogens with zero attached hydrogens (tertiary/aromatic N) is 3. The molecule has 6 nitrogen and oxygen atoms in total. The second-order valence-electron chi connectivity index (χ2n) is 4.92. The predicted molar refractivity (Wildman–Crippen MR) is 74.8 cm³/mol. The van der Waals surface area contributed by atoms with Gasteiger partial charge in [-0.05, 0) is 33.1 Å². The number of aryl methyl sites for hydroxylation is 1. The Morgan fingerprint density at radius 1 is 1.55 bits per heavy atom. The quantitative estimate of drug-likeness (QED) is 0.838. The van der Waals surface area contributed by atoms with Crippen molar-refractivity contribution in [2.24, 2.45) is 0 Å². The van der Waals surface area contributed by atoms with Crippen LogP contribution in [0.3, 0.4) is 0 Å². The first kappa shape index (κ1) is 14.7. The molecular weight excluding hydrogens is 258 g/mol. The van der Waals surface area contributed by atoms with Gasteiger partial charge in [-0.15, -0.1) is 0 Å². The van der Waals surface area contributed by atoms with Crippen LogP contribution in [-0.4, -0.2) is 46.8 Å². The summed E-state index contributed by atoms with van der Waals surface area (Å²) >= 11 is 0. The molecule has 1 saturated heterocycles. The van der Waals surface area contributed by atoms with E-state index in [1.165, 1.54) is 6.20 Å². The first-order valence-corrected chi connectivity index (χ1v) is 7.05. The van der Waals surface area contributed by atoms with Crippen molar-refractivity contribution in [1.82, 2.24) is 9.97 Å². The van der Waals surface area contributed by atoms with Crippen molar-refractivity contribution in [1.29, 1.82) is 0 Å². The first-order valence-electron chi connectivity index (χ1n) is 7.05. The van der Waals surface area contributed by atoms with Crippen LogP contribution in [0.5, 0.6) is 0 Å². The number of hydrogen-bond acceptors (Lipinski definition) is 6. The smallest absolute Gasteiger partial charge is 0.341 e. The summed E-state index contributed by atoms with van der Waals surface area (Å²) in [7, 11) is 0. The van der Waals surface area contributed by atoms with Crippen molar-refractivity contribution in [2.75, 3.05) is 24.7 Å². The number of ether oxygens (including phenoxy) is 1. The van der Waals surface area contributed by atoms with Crippen LogP contribution in [0, 0.1) is 6.92 Å². The summed E-state index contributed by atoms with van der Waals surface area (Å²) in [5, 5.41) is 9.43. The molecule has 0 spiro atoms. The second-order valence-corrected chi connectivity index (χ2v) is 4.92. The molecular formula is C14H21N3O3. The zero-order valence-electron chi connectivity index (χ0n) is 12.0. The third-order valence-corrected chi connectivity index (χ3v) is 3.56. The largest absolute Gasteiger partial charge is 0.462 e. The van der Waals surface area contributed by atoms with Crippen molar-refractivity contribution in [3.8, 4) is 0 Å². The minimum atomic E-state index is -0.395. The van der Waals surface area contributed by atoms with E-state index in [0.717, 1.165) is 25.8 Å². The highest BCUT2D eigenvalue weighted by molar-refractivity contribution is 5.90. The molecule has 0 radical (unpaired) electrons. The molecule has 0 saturated carbocycles. The van der Waals surface area contributed by atoms with Crippen LogP contribution >= 0.6 is 0 Å². The number of rotatable bonds is 4. The topological polar surface area (TPSA) is 75.5 Å². The van der Waals surface area contributed by atoms with Crippen molar-refractivity contribution in [3.05, 3.63) is 17.5 Å². The number of anilines is 1. The fourth-order valence-corrected chi connectivity index (χ4v) is 2.46. The van der Waals surface area contributed by atoms with Crippen LogP contribution in [-0.2, 0) is 4.74 Å². The van der Waals surface area contributed by atoms with Gasteiger partial charge in [0, 0.05) is 12.7 Å². The Morgan fingerprint density at radius 3 is 3.00 bits per heavy atom. The number of piperidine rings is 1. The second kappa shape index (κ2) is 6.65. The van der Waals surface area contributed by atoms with Gasteiger partial charge in [0.05, 0.1) is 30.5 Å². The summed E-state index contributed by atoms with van der Waals surface area (Å²) in [6.45, 7) is 4.81. The molecule has 0 amide bonds. The summed E-state index contributed by atoms with van der Waals surface area (Å²) in [4.78, 5) is 22.4. The minimum absolute atomic E-state index is 0.0663. The number of hydrogen-bond donors (Lipinski definition) is 1. The zero-order chi connectivity index (χ0) is 14.5. The molecule has 110 valence electrons. The molecule has 0 aliphatic carbocycles. The van der Waals surface area contributed by atoms with Crippen LogP contribution < -0.4 is 4.90 Å². The van der Waals surface area contributed by atoms with Gasteiger partial charge >= 0.3 is 5.97 Å². The Balaban J connectivity index is 2.21. The third-order valence-electron chi connectivity index (χ3n) is 3.56. The number of aromatic nitrogens is 2. The minimum Gasteiger partial charge on any atom is -0.462 e. The molecule has 2 heterocycles. The Labute approximate surface area is 118 Å².